The van der Waals surface area contributed by atoms with Crippen LogP contribution in [0.3, 0.4) is 0 Å². The summed E-state index contributed by atoms with van der Waals surface area (Å²) in [5.41, 5.74) is 6.43. The van der Waals surface area contributed by atoms with Gasteiger partial charge in [0.1, 0.15) is 18.2 Å². The zero-order valence-corrected chi connectivity index (χ0v) is 9.47. The Morgan fingerprint density at radius 1 is 1.12 bits per heavy atom. The second kappa shape index (κ2) is 5.75. The lowest BCUT2D eigenvalue weighted by molar-refractivity contribution is 0.333. The summed E-state index contributed by atoms with van der Waals surface area (Å²) in [6.45, 7) is 1.33. The molecule has 0 amide bonds. The fourth-order valence-corrected chi connectivity index (χ4v) is 1.39. The Balaban J connectivity index is 1.71. The molecular formula is C13H15N3O. The molecule has 17 heavy (non-hydrogen) atoms. The second-order valence-electron chi connectivity index (χ2n) is 3.56. The number of ether oxygens (including phenoxy) is 1. The smallest absolute Gasteiger partial charge is 0.123 e. The van der Waals surface area contributed by atoms with E-state index in [2.05, 4.69) is 10.3 Å². The van der Waals surface area contributed by atoms with Gasteiger partial charge in [-0.05, 0) is 24.3 Å². The highest BCUT2D eigenvalue weighted by Gasteiger charge is 1.93. The van der Waals surface area contributed by atoms with Crippen molar-refractivity contribution in [2.45, 2.75) is 0 Å². The van der Waals surface area contributed by atoms with Crippen LogP contribution in [0.1, 0.15) is 0 Å². The molecule has 0 atom stereocenters. The van der Waals surface area contributed by atoms with Crippen LogP contribution in [0.5, 0.6) is 5.75 Å². The maximum atomic E-state index is 5.54. The average Bonchev–Trinajstić information content (AvgIpc) is 2.38. The number of hydrogen-bond donors (Lipinski definition) is 2. The summed E-state index contributed by atoms with van der Waals surface area (Å²) in [5.74, 6) is 1.40. The SMILES string of the molecule is Nc1ccc(NCCOc2ccccc2)cn1. The summed E-state index contributed by atoms with van der Waals surface area (Å²) in [6.07, 6.45) is 1.71. The van der Waals surface area contributed by atoms with E-state index in [0.717, 1.165) is 18.0 Å². The Morgan fingerprint density at radius 3 is 2.65 bits per heavy atom. The number of hydrogen-bond acceptors (Lipinski definition) is 4. The van der Waals surface area contributed by atoms with Crippen molar-refractivity contribution in [3.63, 3.8) is 0 Å². The zero-order valence-electron chi connectivity index (χ0n) is 9.47. The lowest BCUT2D eigenvalue weighted by Gasteiger charge is -2.08. The Hall–Kier alpha value is -2.23. The summed E-state index contributed by atoms with van der Waals surface area (Å²) < 4.78 is 5.54. The van der Waals surface area contributed by atoms with E-state index in [1.165, 1.54) is 0 Å². The predicted octanol–water partition coefficient (Wildman–Crippen LogP) is 2.15. The minimum absolute atomic E-state index is 0.524. The van der Waals surface area contributed by atoms with Gasteiger partial charge in [-0.15, -0.1) is 0 Å². The van der Waals surface area contributed by atoms with Gasteiger partial charge < -0.3 is 15.8 Å². The van der Waals surface area contributed by atoms with Crippen molar-refractivity contribution in [1.29, 1.82) is 0 Å². The molecule has 0 aliphatic heterocycles. The lowest BCUT2D eigenvalue weighted by atomic mass is 10.3. The second-order valence-corrected chi connectivity index (χ2v) is 3.56. The van der Waals surface area contributed by atoms with Gasteiger partial charge in [0.05, 0.1) is 11.9 Å². The molecule has 0 saturated heterocycles. The van der Waals surface area contributed by atoms with E-state index in [9.17, 15) is 0 Å². The molecule has 0 unspecified atom stereocenters. The van der Waals surface area contributed by atoms with E-state index in [-0.39, 0.29) is 0 Å². The molecule has 1 heterocycles. The van der Waals surface area contributed by atoms with Crippen molar-refractivity contribution in [2.75, 3.05) is 24.2 Å². The highest BCUT2D eigenvalue weighted by atomic mass is 16.5. The van der Waals surface area contributed by atoms with Crippen molar-refractivity contribution in [3.05, 3.63) is 48.7 Å². The highest BCUT2D eigenvalue weighted by molar-refractivity contribution is 5.45. The van der Waals surface area contributed by atoms with E-state index < -0.39 is 0 Å². The molecule has 0 fully saturated rings. The molecule has 0 aliphatic carbocycles. The molecule has 3 N–H and O–H groups in total. The molecule has 4 heteroatoms. The van der Waals surface area contributed by atoms with Crippen LogP contribution in [0.25, 0.3) is 0 Å². The van der Waals surface area contributed by atoms with Crippen LogP contribution in [-0.2, 0) is 0 Å². The normalized spacial score (nSPS) is 9.88. The number of aromatic nitrogens is 1. The molecular weight excluding hydrogens is 214 g/mol. The first-order chi connectivity index (χ1) is 8.34. The lowest BCUT2D eigenvalue weighted by Crippen LogP contribution is -2.11. The van der Waals surface area contributed by atoms with Crippen LogP contribution in [0.2, 0.25) is 0 Å². The highest BCUT2D eigenvalue weighted by Crippen LogP contribution is 2.09. The summed E-state index contributed by atoms with van der Waals surface area (Å²) in [5, 5.41) is 3.20. The molecule has 0 radical (unpaired) electrons. The van der Waals surface area contributed by atoms with E-state index in [4.69, 9.17) is 10.5 Å². The number of nitrogen functional groups attached to an aromatic ring is 1. The number of benzene rings is 1. The third-order valence-electron chi connectivity index (χ3n) is 2.23. The fourth-order valence-electron chi connectivity index (χ4n) is 1.39. The molecule has 0 saturated carbocycles. The summed E-state index contributed by atoms with van der Waals surface area (Å²) in [6, 6.07) is 13.4. The first-order valence-corrected chi connectivity index (χ1v) is 5.48. The number of pyridine rings is 1. The number of nitrogens with two attached hydrogens (primary N) is 1. The summed E-state index contributed by atoms with van der Waals surface area (Å²) in [4.78, 5) is 3.99. The van der Waals surface area contributed by atoms with Gasteiger partial charge in [-0.1, -0.05) is 18.2 Å². The van der Waals surface area contributed by atoms with Crippen LogP contribution >= 0.6 is 0 Å². The number of nitrogens with one attached hydrogen (secondary N) is 1. The average molecular weight is 229 g/mol. The molecule has 88 valence electrons. The van der Waals surface area contributed by atoms with Crippen LogP contribution < -0.4 is 15.8 Å². The third kappa shape index (κ3) is 3.68. The quantitative estimate of drug-likeness (QED) is 0.771. The number of rotatable bonds is 5. The van der Waals surface area contributed by atoms with Crippen LogP contribution in [0, 0.1) is 0 Å². The number of anilines is 2. The monoisotopic (exact) mass is 229 g/mol. The van der Waals surface area contributed by atoms with Crippen molar-refractivity contribution >= 4 is 11.5 Å². The Kier molecular flexibility index (Phi) is 3.81. The van der Waals surface area contributed by atoms with Gasteiger partial charge in [-0.25, -0.2) is 4.98 Å². The number of nitrogens with zero attached hydrogens (tertiary/aromatic N) is 1. The number of para-hydroxylation sites is 1. The predicted molar refractivity (Wildman–Crippen MR) is 69.1 cm³/mol. The van der Waals surface area contributed by atoms with E-state index in [0.29, 0.717) is 12.4 Å². The maximum absolute atomic E-state index is 5.54. The molecule has 0 aliphatic rings. The molecule has 4 nitrogen and oxygen atoms in total. The van der Waals surface area contributed by atoms with Crippen molar-refractivity contribution in [1.82, 2.24) is 4.98 Å². The van der Waals surface area contributed by atoms with Gasteiger partial charge in [0, 0.05) is 6.54 Å². The van der Waals surface area contributed by atoms with Crippen LogP contribution in [0.15, 0.2) is 48.7 Å². The Labute approximate surface area is 100 Å². The Morgan fingerprint density at radius 2 is 1.94 bits per heavy atom. The van der Waals surface area contributed by atoms with Crippen molar-refractivity contribution in [3.8, 4) is 5.75 Å². The molecule has 1 aromatic carbocycles. The summed E-state index contributed by atoms with van der Waals surface area (Å²) in [7, 11) is 0. The minimum Gasteiger partial charge on any atom is -0.492 e. The topological polar surface area (TPSA) is 60.2 Å². The molecule has 0 bridgehead atoms. The standard InChI is InChI=1S/C13H15N3O/c14-13-7-6-11(10-16-13)15-8-9-17-12-4-2-1-3-5-12/h1-7,10,15H,8-9H2,(H2,14,16). The first kappa shape index (κ1) is 11.3. The Bertz CT molecular complexity index is 442. The molecule has 2 rings (SSSR count). The third-order valence-corrected chi connectivity index (χ3v) is 2.23. The largest absolute Gasteiger partial charge is 0.492 e. The molecule has 0 spiro atoms. The van der Waals surface area contributed by atoms with Gasteiger partial charge in [-0.3, -0.25) is 0 Å². The summed E-state index contributed by atoms with van der Waals surface area (Å²) >= 11 is 0. The van der Waals surface area contributed by atoms with Gasteiger partial charge in [0.2, 0.25) is 0 Å². The van der Waals surface area contributed by atoms with Gasteiger partial charge in [0.15, 0.2) is 0 Å². The van der Waals surface area contributed by atoms with Gasteiger partial charge in [0.25, 0.3) is 0 Å². The van der Waals surface area contributed by atoms with Crippen LogP contribution in [-0.4, -0.2) is 18.1 Å². The molecule has 2 aromatic rings. The molecule has 1 aromatic heterocycles. The first-order valence-electron chi connectivity index (χ1n) is 5.48. The van der Waals surface area contributed by atoms with E-state index in [1.54, 1.807) is 12.3 Å². The zero-order chi connectivity index (χ0) is 11.9. The van der Waals surface area contributed by atoms with Crippen LogP contribution in [0.4, 0.5) is 11.5 Å². The minimum atomic E-state index is 0.524. The van der Waals surface area contributed by atoms with Crippen molar-refractivity contribution < 1.29 is 4.74 Å². The fraction of sp³-hybridized carbons (Fsp3) is 0.154. The van der Waals surface area contributed by atoms with Gasteiger partial charge in [-0.2, -0.15) is 0 Å². The maximum Gasteiger partial charge on any atom is 0.123 e. The van der Waals surface area contributed by atoms with E-state index in [1.807, 2.05) is 36.4 Å². The van der Waals surface area contributed by atoms with Gasteiger partial charge >= 0.3 is 0 Å². The van der Waals surface area contributed by atoms with E-state index >= 15 is 0 Å². The van der Waals surface area contributed by atoms with Crippen molar-refractivity contribution in [2.24, 2.45) is 0 Å².